The number of Topliss-reactive ketones (excluding diaryl/α,β-unsaturated/α-hetero) is 1. The van der Waals surface area contributed by atoms with Gasteiger partial charge in [-0.2, -0.15) is 0 Å². The molecular weight excluding hydrogens is 895 g/mol. The molecule has 5 aliphatic rings. The van der Waals surface area contributed by atoms with Gasteiger partial charge >= 0.3 is 35.9 Å². The van der Waals surface area contributed by atoms with E-state index in [1.54, 1.807) is 39.0 Å². The second-order valence-electron chi connectivity index (χ2n) is 20.2. The summed E-state index contributed by atoms with van der Waals surface area (Å²) < 4.78 is 40.4. The Labute approximate surface area is 392 Å². The zero-order valence-corrected chi connectivity index (χ0v) is 39.4. The van der Waals surface area contributed by atoms with E-state index in [1.165, 1.54) is 46.8 Å². The fourth-order valence-electron chi connectivity index (χ4n) is 10.5. The van der Waals surface area contributed by atoms with E-state index in [9.17, 15) is 48.9 Å². The Morgan fingerprint density at radius 2 is 1.62 bits per heavy atom. The minimum Gasteiger partial charge on any atom is -0.460 e. The predicted molar refractivity (Wildman–Crippen MR) is 232 cm³/mol. The second kappa shape index (κ2) is 19.5. The van der Waals surface area contributed by atoms with E-state index in [0.717, 1.165) is 0 Å². The van der Waals surface area contributed by atoms with E-state index < -0.39 is 162 Å². The van der Waals surface area contributed by atoms with Gasteiger partial charge in [0.05, 0.1) is 48.3 Å². The molecule has 1 unspecified atom stereocenters. The molecule has 2 bridgehead atoms. The predicted octanol–water partition coefficient (Wildman–Crippen LogP) is 0.840. The van der Waals surface area contributed by atoms with Crippen molar-refractivity contribution in [3.63, 3.8) is 0 Å². The van der Waals surface area contributed by atoms with Gasteiger partial charge in [0.1, 0.15) is 35.6 Å². The summed E-state index contributed by atoms with van der Waals surface area (Å²) in [6, 6.07) is 5.05. The Balaban J connectivity index is 1.45. The molecule has 13 atom stereocenters. The Morgan fingerprint density at radius 3 is 2.21 bits per heavy atom. The first-order chi connectivity index (χ1) is 31.6. The number of aliphatic hydroxyl groups excluding tert-OH is 2. The molecule has 21 heteroatoms. The molecule has 1 aromatic rings. The number of fused-ring (bicyclic) bond motifs is 5. The lowest BCUT2D eigenvalue weighted by Crippen LogP contribution is -2.73. The summed E-state index contributed by atoms with van der Waals surface area (Å²) in [5.41, 5.74) is 3.58. The second-order valence-corrected chi connectivity index (χ2v) is 20.2. The van der Waals surface area contributed by atoms with Crippen molar-refractivity contribution in [3.05, 3.63) is 47.0 Å². The zero-order chi connectivity index (χ0) is 50.4. The van der Waals surface area contributed by atoms with Crippen molar-refractivity contribution in [2.45, 2.75) is 154 Å². The summed E-state index contributed by atoms with van der Waals surface area (Å²) in [6.07, 6.45) is -12.4. The monoisotopic (exact) mass is 957 g/mol. The van der Waals surface area contributed by atoms with Crippen LogP contribution >= 0.6 is 0 Å². The van der Waals surface area contributed by atoms with Gasteiger partial charge in [-0.1, -0.05) is 32.0 Å². The van der Waals surface area contributed by atoms with Crippen LogP contribution in [0.2, 0.25) is 0 Å². The molecular formula is C47H63N3O18. The number of carbonyl (C=O) groups is 8. The minimum absolute atomic E-state index is 0.0523. The maximum absolute atomic E-state index is 15.2. The lowest BCUT2D eigenvalue weighted by molar-refractivity contribution is -0.240. The largest absolute Gasteiger partial charge is 0.460 e. The van der Waals surface area contributed by atoms with Gasteiger partial charge in [-0.15, -0.1) is 0 Å². The summed E-state index contributed by atoms with van der Waals surface area (Å²) >= 11 is 0. The topological polar surface area (TPSA) is 326 Å². The summed E-state index contributed by atoms with van der Waals surface area (Å²) in [5, 5.41) is 40.6. The maximum Gasteiger partial charge on any atom is 0.408 e. The highest BCUT2D eigenvalue weighted by Gasteiger charge is 2.73. The van der Waals surface area contributed by atoms with Crippen molar-refractivity contribution >= 4 is 47.6 Å². The molecule has 21 nitrogen and oxygen atoms in total. The van der Waals surface area contributed by atoms with E-state index in [4.69, 9.17) is 44.6 Å². The van der Waals surface area contributed by atoms with E-state index >= 15 is 4.79 Å². The Morgan fingerprint density at radius 1 is 0.971 bits per heavy atom. The van der Waals surface area contributed by atoms with Gasteiger partial charge in [-0.3, -0.25) is 19.2 Å². The lowest BCUT2D eigenvalue weighted by atomic mass is 9.46. The molecule has 1 aromatic carbocycles. The first-order valence-corrected chi connectivity index (χ1v) is 22.6. The van der Waals surface area contributed by atoms with Gasteiger partial charge < -0.3 is 65.3 Å². The first-order valence-electron chi connectivity index (χ1n) is 22.6. The molecule has 0 aromatic heterocycles. The third kappa shape index (κ3) is 10.3. The summed E-state index contributed by atoms with van der Waals surface area (Å²) in [5.74, 6) is -10.1. The molecule has 0 radical (unpaired) electrons. The zero-order valence-electron chi connectivity index (χ0n) is 39.4. The van der Waals surface area contributed by atoms with Crippen molar-refractivity contribution in [2.24, 2.45) is 40.1 Å². The van der Waals surface area contributed by atoms with Crippen molar-refractivity contribution < 1.29 is 86.8 Å². The average molecular weight is 958 g/mol. The standard InChI is InChI=1S/C47H63N3O18/c1-21-27(65-42(59)37(35(23-14-15-23)50-43(60)68-44(3,4)5)66-31(54)20-63-30(53)16-25(48)40(49)57)18-47(61)39(67-41(58)24-12-10-9-11-13-24)34-32-26(62-19-28(32)64-22(2)51)17-29(52)46(34,8)38(56)36(55)33(21)45(47,6)7/h9-13,23,25-29,32,34-37,39,52,55,61H,14-20,48H2,1-8H3,(H2,49,57)(H,50,60)/t25-,26+,27-,28+,29-,32?,34-,35-,36+,37+,39-,46+,47+/m0/s1. The van der Waals surface area contributed by atoms with Gasteiger partial charge in [-0.05, 0) is 76.7 Å². The Hall–Kier alpha value is -5.48. The highest BCUT2D eigenvalue weighted by atomic mass is 16.6. The quantitative estimate of drug-likeness (QED) is 0.0855. The number of hydrogen-bond donors (Lipinski definition) is 6. The van der Waals surface area contributed by atoms with Crippen LogP contribution in [0.15, 0.2) is 41.5 Å². The minimum atomic E-state index is -2.41. The molecule has 3 saturated carbocycles. The summed E-state index contributed by atoms with van der Waals surface area (Å²) in [6.45, 7) is 10.6. The molecule has 8 N–H and O–H groups in total. The molecule has 68 heavy (non-hydrogen) atoms. The van der Waals surface area contributed by atoms with Crippen LogP contribution in [0.1, 0.15) is 97.9 Å². The number of nitrogens with two attached hydrogens (primary N) is 2. The number of aliphatic hydroxyl groups is 3. The number of nitrogens with one attached hydrogen (secondary N) is 1. The van der Waals surface area contributed by atoms with E-state index in [-0.39, 0.29) is 29.7 Å². The van der Waals surface area contributed by atoms with Crippen LogP contribution in [0.4, 0.5) is 4.79 Å². The fraction of sp³-hybridized carbons (Fsp3) is 0.660. The number of hydrogen-bond acceptors (Lipinski definition) is 19. The molecule has 2 amide bonds. The number of ketones is 1. The van der Waals surface area contributed by atoms with Crippen LogP contribution < -0.4 is 16.8 Å². The SMILES string of the molecule is CC(=O)O[C@@H]1CO[C@@H]2C[C@H](O)[C@@]3(C)C(=O)[C@H](O)C4=C(C)[C@@H](OC(=O)[C@H](OC(=O)COC(=O)C[C@H](N)C(N)=O)[C@@H](NC(=O)OC(C)(C)C)C5CC5)C[C@@](O)([C@@H](OC(=O)c5ccccc5)[C@@H]3C21)C4(C)C. The number of primary amides is 1. The van der Waals surface area contributed by atoms with E-state index in [2.05, 4.69) is 5.32 Å². The third-order valence-electron chi connectivity index (χ3n) is 14.2. The van der Waals surface area contributed by atoms with Crippen LogP contribution in [-0.2, 0) is 61.9 Å². The molecule has 1 heterocycles. The molecule has 4 aliphatic carbocycles. The number of amides is 2. The number of esters is 5. The number of carbonyl (C=O) groups excluding carboxylic acids is 8. The van der Waals surface area contributed by atoms with Gasteiger partial charge in [0.2, 0.25) is 12.0 Å². The number of ether oxygens (including phenoxy) is 7. The van der Waals surface area contributed by atoms with Crippen LogP contribution in [0.25, 0.3) is 0 Å². The molecule has 0 spiro atoms. The summed E-state index contributed by atoms with van der Waals surface area (Å²) in [7, 11) is 0. The van der Waals surface area contributed by atoms with E-state index in [0.29, 0.717) is 12.8 Å². The first kappa shape index (κ1) is 51.9. The van der Waals surface area contributed by atoms with Crippen molar-refractivity contribution in [1.29, 1.82) is 0 Å². The van der Waals surface area contributed by atoms with Crippen LogP contribution in [0.3, 0.4) is 0 Å². The van der Waals surface area contributed by atoms with Gasteiger partial charge in [0.15, 0.2) is 12.4 Å². The van der Waals surface area contributed by atoms with Crippen molar-refractivity contribution in [1.82, 2.24) is 5.32 Å². The van der Waals surface area contributed by atoms with Gasteiger partial charge in [0.25, 0.3) is 0 Å². The highest BCUT2D eigenvalue weighted by Crippen LogP contribution is 2.62. The average Bonchev–Trinajstić information content (AvgIpc) is 4.02. The molecule has 1 saturated heterocycles. The van der Waals surface area contributed by atoms with Crippen LogP contribution in [0, 0.1) is 28.6 Å². The van der Waals surface area contributed by atoms with Crippen molar-refractivity contribution in [3.8, 4) is 0 Å². The number of alkyl carbamates (subject to hydrolysis) is 1. The molecule has 6 rings (SSSR count). The molecule has 1 aliphatic heterocycles. The Bertz CT molecular complexity index is 2200. The van der Waals surface area contributed by atoms with Crippen LogP contribution in [0.5, 0.6) is 0 Å². The molecule has 4 fully saturated rings. The normalized spacial score (nSPS) is 32.0. The van der Waals surface area contributed by atoms with Crippen molar-refractivity contribution in [2.75, 3.05) is 13.2 Å². The fourth-order valence-corrected chi connectivity index (χ4v) is 10.5. The van der Waals surface area contributed by atoms with E-state index in [1.807, 2.05) is 0 Å². The summed E-state index contributed by atoms with van der Waals surface area (Å²) in [4.78, 5) is 107. The van der Waals surface area contributed by atoms with Gasteiger partial charge in [0, 0.05) is 37.0 Å². The third-order valence-corrected chi connectivity index (χ3v) is 14.2. The van der Waals surface area contributed by atoms with Crippen LogP contribution in [-0.4, -0.2) is 142 Å². The van der Waals surface area contributed by atoms with Gasteiger partial charge in [-0.25, -0.2) is 19.2 Å². The number of rotatable bonds is 14. The molecule has 374 valence electrons. The Kier molecular flexibility index (Phi) is 14.9. The number of benzene rings is 1. The smallest absolute Gasteiger partial charge is 0.408 e. The lowest BCUT2D eigenvalue weighted by Gasteiger charge is -2.62. The maximum atomic E-state index is 15.2. The highest BCUT2D eigenvalue weighted by molar-refractivity contribution is 5.94.